The first-order chi connectivity index (χ1) is 16.0. The largest absolute Gasteiger partial charge is 0.480 e. The fourth-order valence-corrected chi connectivity index (χ4v) is 3.78. The van der Waals surface area contributed by atoms with Crippen LogP contribution in [0.25, 0.3) is 0 Å². The van der Waals surface area contributed by atoms with Crippen molar-refractivity contribution in [2.75, 3.05) is 18.6 Å². The van der Waals surface area contributed by atoms with Crippen molar-refractivity contribution >= 4 is 35.5 Å². The molecule has 11 heteroatoms. The fourth-order valence-electron chi connectivity index (χ4n) is 3.30. The molecule has 3 amide bonds. The van der Waals surface area contributed by atoms with E-state index >= 15 is 0 Å². The number of carbonyl (C=O) groups excluding carboxylic acids is 3. The van der Waals surface area contributed by atoms with Crippen molar-refractivity contribution < 1.29 is 24.3 Å². The van der Waals surface area contributed by atoms with E-state index in [0.717, 1.165) is 6.42 Å². The first-order valence-corrected chi connectivity index (χ1v) is 13.5. The summed E-state index contributed by atoms with van der Waals surface area (Å²) in [6.45, 7) is 7.86. The number of carbonyl (C=O) groups is 4. The van der Waals surface area contributed by atoms with Gasteiger partial charge in [-0.3, -0.25) is 14.4 Å². The van der Waals surface area contributed by atoms with Crippen LogP contribution in [0.3, 0.4) is 0 Å². The van der Waals surface area contributed by atoms with Crippen LogP contribution in [0.2, 0.25) is 0 Å². The van der Waals surface area contributed by atoms with Gasteiger partial charge in [0.1, 0.15) is 18.1 Å². The Labute approximate surface area is 208 Å². The maximum atomic E-state index is 13.2. The number of carboxylic acids is 1. The molecule has 34 heavy (non-hydrogen) atoms. The van der Waals surface area contributed by atoms with Crippen molar-refractivity contribution in [1.29, 1.82) is 0 Å². The molecule has 6 atom stereocenters. The molecule has 0 saturated carbocycles. The highest BCUT2D eigenvalue weighted by atomic mass is 32.2. The van der Waals surface area contributed by atoms with Crippen molar-refractivity contribution in [3.63, 3.8) is 0 Å². The minimum atomic E-state index is -1.12. The van der Waals surface area contributed by atoms with Crippen LogP contribution in [0.15, 0.2) is 0 Å². The molecule has 10 nitrogen and oxygen atoms in total. The Bertz CT molecular complexity index is 651. The summed E-state index contributed by atoms with van der Waals surface area (Å²) in [5.41, 5.74) is 11.5. The lowest BCUT2D eigenvalue weighted by Crippen LogP contribution is -2.59. The van der Waals surface area contributed by atoms with Gasteiger partial charge in [0.05, 0.1) is 6.04 Å². The smallest absolute Gasteiger partial charge is 0.326 e. The van der Waals surface area contributed by atoms with Gasteiger partial charge in [0, 0.05) is 0 Å². The molecule has 6 unspecified atom stereocenters. The zero-order valence-electron chi connectivity index (χ0n) is 21.3. The highest BCUT2D eigenvalue weighted by molar-refractivity contribution is 7.98. The summed E-state index contributed by atoms with van der Waals surface area (Å²) in [6.07, 6.45) is 5.34. The Kier molecular flexibility index (Phi) is 16.6. The van der Waals surface area contributed by atoms with Gasteiger partial charge < -0.3 is 32.5 Å². The van der Waals surface area contributed by atoms with Crippen molar-refractivity contribution in [2.24, 2.45) is 23.3 Å². The summed E-state index contributed by atoms with van der Waals surface area (Å²) in [5, 5.41) is 17.6. The first-order valence-electron chi connectivity index (χ1n) is 12.1. The van der Waals surface area contributed by atoms with Crippen LogP contribution in [0.1, 0.15) is 66.2 Å². The van der Waals surface area contributed by atoms with Crippen LogP contribution >= 0.6 is 11.8 Å². The monoisotopic (exact) mass is 503 g/mol. The Morgan fingerprint density at radius 3 is 1.91 bits per heavy atom. The van der Waals surface area contributed by atoms with E-state index in [-0.39, 0.29) is 11.8 Å². The summed E-state index contributed by atoms with van der Waals surface area (Å²) in [5.74, 6) is -2.47. The van der Waals surface area contributed by atoms with Gasteiger partial charge in [-0.25, -0.2) is 4.79 Å². The number of aliphatic carboxylic acids is 1. The van der Waals surface area contributed by atoms with Crippen molar-refractivity contribution in [1.82, 2.24) is 16.0 Å². The second kappa shape index (κ2) is 17.6. The van der Waals surface area contributed by atoms with Gasteiger partial charge in [-0.05, 0) is 49.7 Å². The van der Waals surface area contributed by atoms with Gasteiger partial charge in [0.2, 0.25) is 17.7 Å². The molecule has 0 spiro atoms. The molecule has 0 aromatic rings. The van der Waals surface area contributed by atoms with Crippen LogP contribution in [0, 0.1) is 11.8 Å². The third-order valence-electron chi connectivity index (χ3n) is 6.12. The third-order valence-corrected chi connectivity index (χ3v) is 6.76. The fraction of sp³-hybridized carbons (Fsp3) is 0.826. The zero-order chi connectivity index (χ0) is 26.3. The SMILES string of the molecule is CCC(C)C(NC(=O)C(CCSC)NC(=O)C(NC(=O)C(N)CCCCN)C(C)CC)C(=O)O. The highest BCUT2D eigenvalue weighted by Gasteiger charge is 2.33. The number of thioether (sulfide) groups is 1. The van der Waals surface area contributed by atoms with E-state index in [9.17, 15) is 24.3 Å². The second-order valence-corrected chi connectivity index (χ2v) is 9.80. The number of unbranched alkanes of at least 4 members (excludes halogenated alkanes) is 1. The van der Waals surface area contributed by atoms with Gasteiger partial charge in [-0.2, -0.15) is 11.8 Å². The molecule has 0 radical (unpaired) electrons. The van der Waals surface area contributed by atoms with Crippen molar-refractivity contribution in [3.05, 3.63) is 0 Å². The predicted octanol–water partition coefficient (Wildman–Crippen LogP) is 0.827. The molecule has 0 rings (SSSR count). The van der Waals surface area contributed by atoms with Crippen LogP contribution in [0.5, 0.6) is 0 Å². The van der Waals surface area contributed by atoms with Gasteiger partial charge in [-0.15, -0.1) is 0 Å². The molecule has 0 aromatic heterocycles. The predicted molar refractivity (Wildman–Crippen MR) is 136 cm³/mol. The molecule has 0 heterocycles. The van der Waals surface area contributed by atoms with E-state index in [2.05, 4.69) is 16.0 Å². The van der Waals surface area contributed by atoms with Crippen LogP contribution < -0.4 is 27.4 Å². The van der Waals surface area contributed by atoms with Crippen LogP contribution in [0.4, 0.5) is 0 Å². The summed E-state index contributed by atoms with van der Waals surface area (Å²) >= 11 is 1.51. The molecule has 198 valence electrons. The Morgan fingerprint density at radius 1 is 0.853 bits per heavy atom. The molecule has 0 fully saturated rings. The summed E-state index contributed by atoms with van der Waals surface area (Å²) in [7, 11) is 0. The lowest BCUT2D eigenvalue weighted by molar-refractivity contribution is -0.144. The Morgan fingerprint density at radius 2 is 1.41 bits per heavy atom. The standard InChI is InChI=1S/C23H45N5O5S/c1-6-14(3)18(27-20(29)16(25)10-8-9-12-24)22(31)26-17(11-13-34-5)21(30)28-19(23(32)33)15(4)7-2/h14-19H,6-13,24-25H2,1-5H3,(H,26,31)(H,27,29)(H,28,30)(H,32,33). The minimum absolute atomic E-state index is 0.198. The van der Waals surface area contributed by atoms with Gasteiger partial charge in [0.15, 0.2) is 0 Å². The Hall–Kier alpha value is -1.85. The van der Waals surface area contributed by atoms with E-state index in [4.69, 9.17) is 11.5 Å². The van der Waals surface area contributed by atoms with Crippen molar-refractivity contribution in [2.45, 2.75) is 90.4 Å². The number of amides is 3. The van der Waals surface area contributed by atoms with Crippen LogP contribution in [-0.4, -0.2) is 71.5 Å². The normalized spacial score (nSPS) is 16.4. The third kappa shape index (κ3) is 11.5. The first kappa shape index (κ1) is 32.1. The molecule has 0 aliphatic heterocycles. The van der Waals surface area contributed by atoms with E-state index in [1.54, 1.807) is 6.92 Å². The molecular formula is C23H45N5O5S. The molecule has 0 aliphatic carbocycles. The van der Waals surface area contributed by atoms with Gasteiger partial charge >= 0.3 is 5.97 Å². The zero-order valence-corrected chi connectivity index (χ0v) is 22.1. The van der Waals surface area contributed by atoms with Crippen LogP contribution in [-0.2, 0) is 19.2 Å². The summed E-state index contributed by atoms with van der Waals surface area (Å²) in [6, 6.07) is -3.60. The number of rotatable bonds is 18. The lowest BCUT2D eigenvalue weighted by Gasteiger charge is -2.28. The van der Waals surface area contributed by atoms with E-state index in [1.165, 1.54) is 11.8 Å². The molecule has 8 N–H and O–H groups in total. The number of carboxylic acid groups (broad SMARTS) is 1. The lowest BCUT2D eigenvalue weighted by atomic mass is 9.96. The molecule has 0 aliphatic rings. The average Bonchev–Trinajstić information content (AvgIpc) is 2.81. The minimum Gasteiger partial charge on any atom is -0.480 e. The number of nitrogens with one attached hydrogen (secondary N) is 3. The summed E-state index contributed by atoms with van der Waals surface area (Å²) < 4.78 is 0. The molecular weight excluding hydrogens is 458 g/mol. The number of hydrogen-bond acceptors (Lipinski definition) is 7. The Balaban J connectivity index is 5.47. The topological polar surface area (TPSA) is 177 Å². The summed E-state index contributed by atoms with van der Waals surface area (Å²) in [4.78, 5) is 50.3. The highest BCUT2D eigenvalue weighted by Crippen LogP contribution is 2.12. The number of nitrogens with two attached hydrogens (primary N) is 2. The maximum absolute atomic E-state index is 13.2. The second-order valence-electron chi connectivity index (χ2n) is 8.82. The maximum Gasteiger partial charge on any atom is 0.326 e. The molecule has 0 saturated heterocycles. The van der Waals surface area contributed by atoms with Gasteiger partial charge in [-0.1, -0.05) is 47.0 Å². The van der Waals surface area contributed by atoms with E-state index in [0.29, 0.717) is 44.4 Å². The molecule has 0 bridgehead atoms. The average molecular weight is 504 g/mol. The van der Waals surface area contributed by atoms with Crippen molar-refractivity contribution in [3.8, 4) is 0 Å². The van der Waals surface area contributed by atoms with E-state index < -0.39 is 47.9 Å². The number of hydrogen-bond donors (Lipinski definition) is 6. The molecule has 0 aromatic carbocycles. The van der Waals surface area contributed by atoms with Gasteiger partial charge in [0.25, 0.3) is 0 Å². The quantitative estimate of drug-likeness (QED) is 0.149. The van der Waals surface area contributed by atoms with E-state index in [1.807, 2.05) is 27.0 Å².